The molecule has 1 nitrogen and oxygen atoms in total. The second-order valence-electron chi connectivity index (χ2n) is 6.53. The molecule has 0 spiro atoms. The zero-order chi connectivity index (χ0) is 9.78. The van der Waals surface area contributed by atoms with Crippen molar-refractivity contribution in [1.29, 1.82) is 0 Å². The Kier molecular flexibility index (Phi) is 1.09. The van der Waals surface area contributed by atoms with E-state index in [1.165, 1.54) is 19.3 Å². The van der Waals surface area contributed by atoms with Gasteiger partial charge < -0.3 is 4.74 Å². The Morgan fingerprint density at radius 1 is 1.33 bits per heavy atom. The van der Waals surface area contributed by atoms with E-state index in [1.54, 1.807) is 0 Å². The van der Waals surface area contributed by atoms with Crippen LogP contribution in [0.15, 0.2) is 12.2 Å². The van der Waals surface area contributed by atoms with Gasteiger partial charge >= 0.3 is 0 Å². The third-order valence-corrected chi connectivity index (χ3v) is 6.47. The smallest absolute Gasteiger partial charge is 0.0903 e. The summed E-state index contributed by atoms with van der Waals surface area (Å²) in [5.74, 6) is 4.83. The van der Waals surface area contributed by atoms with Crippen LogP contribution in [0.2, 0.25) is 0 Å². The summed E-state index contributed by atoms with van der Waals surface area (Å²) in [5.41, 5.74) is 0.615. The van der Waals surface area contributed by atoms with Crippen molar-refractivity contribution in [2.24, 2.45) is 35.0 Å². The maximum absolute atomic E-state index is 5.97. The summed E-state index contributed by atoms with van der Waals surface area (Å²) in [4.78, 5) is 0. The van der Waals surface area contributed by atoms with E-state index >= 15 is 0 Å². The van der Waals surface area contributed by atoms with Crippen LogP contribution in [0.5, 0.6) is 0 Å². The Labute approximate surface area is 90.9 Å². The molecule has 4 aliphatic carbocycles. The van der Waals surface area contributed by atoms with Gasteiger partial charge in [0.05, 0.1) is 12.2 Å². The molecule has 80 valence electrons. The molecule has 8 unspecified atom stereocenters. The fourth-order valence-electron chi connectivity index (χ4n) is 6.10. The normalized spacial score (nSPS) is 71.1. The van der Waals surface area contributed by atoms with Gasteiger partial charge in [-0.25, -0.2) is 0 Å². The van der Waals surface area contributed by atoms with Gasteiger partial charge in [0.25, 0.3) is 0 Å². The van der Waals surface area contributed by atoms with Crippen molar-refractivity contribution in [2.75, 3.05) is 0 Å². The average Bonchev–Trinajstić information content (AvgIpc) is 2.70. The Bertz CT molecular complexity index is 374. The van der Waals surface area contributed by atoms with E-state index in [0.717, 1.165) is 29.6 Å². The molecule has 15 heavy (non-hydrogen) atoms. The van der Waals surface area contributed by atoms with Crippen LogP contribution in [-0.2, 0) is 4.74 Å². The second-order valence-corrected chi connectivity index (χ2v) is 6.53. The minimum atomic E-state index is 0.615. The molecule has 5 rings (SSSR count). The molecule has 1 saturated heterocycles. The zero-order valence-corrected chi connectivity index (χ0v) is 9.23. The fourth-order valence-corrected chi connectivity index (χ4v) is 6.10. The van der Waals surface area contributed by atoms with Crippen LogP contribution in [0.4, 0.5) is 0 Å². The molecule has 0 aromatic heterocycles. The highest BCUT2D eigenvalue weighted by molar-refractivity contribution is 5.30. The quantitative estimate of drug-likeness (QED) is 0.362. The van der Waals surface area contributed by atoms with Crippen LogP contribution < -0.4 is 0 Å². The lowest BCUT2D eigenvalue weighted by Gasteiger charge is -2.38. The van der Waals surface area contributed by atoms with Gasteiger partial charge in [0.2, 0.25) is 0 Å². The Morgan fingerprint density at radius 2 is 2.20 bits per heavy atom. The molecule has 0 amide bonds. The van der Waals surface area contributed by atoms with Crippen molar-refractivity contribution >= 4 is 0 Å². The monoisotopic (exact) mass is 202 g/mol. The topological polar surface area (TPSA) is 12.5 Å². The molecule has 1 heterocycles. The predicted molar refractivity (Wildman–Crippen MR) is 57.2 cm³/mol. The van der Waals surface area contributed by atoms with Crippen LogP contribution in [0.25, 0.3) is 0 Å². The molecule has 0 aromatic rings. The first-order valence-electron chi connectivity index (χ1n) is 6.69. The van der Waals surface area contributed by atoms with Gasteiger partial charge in [-0.3, -0.25) is 0 Å². The third-order valence-electron chi connectivity index (χ3n) is 6.47. The molecule has 0 radical (unpaired) electrons. The summed E-state index contributed by atoms with van der Waals surface area (Å²) >= 11 is 0. The first-order chi connectivity index (χ1) is 7.35. The maximum atomic E-state index is 5.97. The molecule has 3 saturated carbocycles. The second kappa shape index (κ2) is 2.07. The van der Waals surface area contributed by atoms with Gasteiger partial charge in [-0.15, -0.1) is 0 Å². The van der Waals surface area contributed by atoms with Gasteiger partial charge in [0.1, 0.15) is 0 Å². The molecular weight excluding hydrogens is 184 g/mol. The summed E-state index contributed by atoms with van der Waals surface area (Å²) in [6.45, 7) is 2.40. The lowest BCUT2D eigenvalue weighted by atomic mass is 9.65. The number of hydrogen-bond acceptors (Lipinski definition) is 1. The summed E-state index contributed by atoms with van der Waals surface area (Å²) < 4.78 is 5.97. The van der Waals surface area contributed by atoms with Crippen molar-refractivity contribution in [3.8, 4) is 0 Å². The van der Waals surface area contributed by atoms with Crippen molar-refractivity contribution < 1.29 is 4.74 Å². The molecule has 8 atom stereocenters. The minimum absolute atomic E-state index is 0.615. The van der Waals surface area contributed by atoms with Crippen molar-refractivity contribution in [2.45, 2.75) is 38.4 Å². The van der Waals surface area contributed by atoms with Crippen LogP contribution in [-0.4, -0.2) is 12.2 Å². The molecule has 0 N–H and O–H groups in total. The Balaban J connectivity index is 1.70. The number of hydrogen-bond donors (Lipinski definition) is 0. The van der Waals surface area contributed by atoms with Crippen molar-refractivity contribution in [1.82, 2.24) is 0 Å². The van der Waals surface area contributed by atoms with Crippen LogP contribution in [0, 0.1) is 35.0 Å². The fraction of sp³-hybridized carbons (Fsp3) is 0.857. The molecule has 4 fully saturated rings. The summed E-state index contributed by atoms with van der Waals surface area (Å²) in [7, 11) is 0. The highest BCUT2D eigenvalue weighted by atomic mass is 16.6. The van der Waals surface area contributed by atoms with Gasteiger partial charge in [0.15, 0.2) is 0 Å². The standard InChI is InChI=1S/C14H18O/c1-2-14-6-9(12-13(14)15-12)10-7-3-4-8(5-7)11(10)14/h3-4,7-13H,2,5-6H2,1H3. The van der Waals surface area contributed by atoms with Crippen LogP contribution >= 0.6 is 0 Å². The SMILES string of the molecule is CCC12CC(C3OC31)C1C3C=CC(C3)C12. The van der Waals surface area contributed by atoms with E-state index < -0.39 is 0 Å². The van der Waals surface area contributed by atoms with E-state index in [-0.39, 0.29) is 0 Å². The predicted octanol–water partition coefficient (Wildman–Crippen LogP) is 2.62. The third kappa shape index (κ3) is 0.627. The van der Waals surface area contributed by atoms with E-state index in [0.29, 0.717) is 17.6 Å². The molecule has 0 aromatic carbocycles. The summed E-state index contributed by atoms with van der Waals surface area (Å²) in [6.07, 6.45) is 10.8. The highest BCUT2D eigenvalue weighted by Gasteiger charge is 2.77. The first kappa shape index (κ1) is 7.89. The minimum Gasteiger partial charge on any atom is -0.369 e. The molecule has 4 bridgehead atoms. The van der Waals surface area contributed by atoms with Crippen LogP contribution in [0.1, 0.15) is 26.2 Å². The maximum Gasteiger partial charge on any atom is 0.0903 e. The van der Waals surface area contributed by atoms with E-state index in [4.69, 9.17) is 4.74 Å². The highest BCUT2D eigenvalue weighted by Crippen LogP contribution is 2.76. The number of fused-ring (bicyclic) bond motifs is 12. The van der Waals surface area contributed by atoms with Crippen molar-refractivity contribution in [3.63, 3.8) is 0 Å². The van der Waals surface area contributed by atoms with Gasteiger partial charge in [-0.2, -0.15) is 0 Å². The van der Waals surface area contributed by atoms with E-state index in [9.17, 15) is 0 Å². The number of epoxide rings is 1. The van der Waals surface area contributed by atoms with Crippen LogP contribution in [0.3, 0.4) is 0 Å². The van der Waals surface area contributed by atoms with Gasteiger partial charge in [0, 0.05) is 5.41 Å². The van der Waals surface area contributed by atoms with E-state index in [2.05, 4.69) is 19.1 Å². The Hall–Kier alpha value is -0.300. The number of rotatable bonds is 1. The summed E-state index contributed by atoms with van der Waals surface area (Å²) in [5, 5.41) is 0. The largest absolute Gasteiger partial charge is 0.369 e. The average molecular weight is 202 g/mol. The molecule has 5 aliphatic rings. The number of allylic oxidation sites excluding steroid dienone is 2. The lowest BCUT2D eigenvalue weighted by Crippen LogP contribution is -2.38. The van der Waals surface area contributed by atoms with Gasteiger partial charge in [-0.05, 0) is 48.9 Å². The van der Waals surface area contributed by atoms with Crippen molar-refractivity contribution in [3.05, 3.63) is 12.2 Å². The molecule has 1 aliphatic heterocycles. The first-order valence-corrected chi connectivity index (χ1v) is 6.69. The van der Waals surface area contributed by atoms with E-state index in [1.807, 2.05) is 0 Å². The molecule has 1 heteroatoms. The Morgan fingerprint density at radius 3 is 3.07 bits per heavy atom. The molecular formula is C14H18O. The lowest BCUT2D eigenvalue weighted by molar-refractivity contribution is 0.0983. The summed E-state index contributed by atoms with van der Waals surface area (Å²) in [6, 6.07) is 0. The zero-order valence-electron chi connectivity index (χ0n) is 9.23. The number of ether oxygens (including phenoxy) is 1. The van der Waals surface area contributed by atoms with Gasteiger partial charge in [-0.1, -0.05) is 19.1 Å².